The van der Waals surface area contributed by atoms with Crippen LogP contribution in [0.5, 0.6) is 0 Å². The monoisotopic (exact) mass is 325 g/mol. The van der Waals surface area contributed by atoms with E-state index in [-0.39, 0.29) is 31.1 Å². The van der Waals surface area contributed by atoms with Crippen LogP contribution in [0.2, 0.25) is 0 Å². The lowest BCUT2D eigenvalue weighted by molar-refractivity contribution is -0.143. The van der Waals surface area contributed by atoms with Gasteiger partial charge < -0.3 is 10.4 Å². The molecule has 2 aromatic rings. The van der Waals surface area contributed by atoms with Gasteiger partial charge in [0.25, 0.3) is 5.91 Å². The number of Topliss-reactive ketones (excluding diaryl/α,β-unsaturated/α-hetero) is 1. The summed E-state index contributed by atoms with van der Waals surface area (Å²) in [6, 6.07) is 17.7. The minimum absolute atomic E-state index is 0.112. The van der Waals surface area contributed by atoms with Gasteiger partial charge in [0.2, 0.25) is 0 Å². The van der Waals surface area contributed by atoms with E-state index in [2.05, 4.69) is 5.32 Å². The number of carbonyl (C=O) groups is 3. The van der Waals surface area contributed by atoms with E-state index in [1.54, 1.807) is 30.3 Å². The van der Waals surface area contributed by atoms with E-state index in [0.717, 1.165) is 5.56 Å². The van der Waals surface area contributed by atoms with Gasteiger partial charge in [-0.2, -0.15) is 0 Å². The zero-order valence-electron chi connectivity index (χ0n) is 13.1. The molecule has 5 nitrogen and oxygen atoms in total. The van der Waals surface area contributed by atoms with Gasteiger partial charge in [-0.3, -0.25) is 14.4 Å². The normalized spacial score (nSPS) is 11.5. The van der Waals surface area contributed by atoms with Gasteiger partial charge >= 0.3 is 5.97 Å². The van der Waals surface area contributed by atoms with E-state index in [4.69, 9.17) is 0 Å². The lowest BCUT2D eigenvalue weighted by atomic mass is 9.94. The van der Waals surface area contributed by atoms with Crippen molar-refractivity contribution in [2.24, 2.45) is 5.92 Å². The fraction of sp³-hybridized carbons (Fsp3) is 0.211. The van der Waals surface area contributed by atoms with Gasteiger partial charge in [-0.25, -0.2) is 0 Å². The molecule has 1 amide bonds. The topological polar surface area (TPSA) is 83.5 Å². The lowest BCUT2D eigenvalue weighted by Gasteiger charge is -2.12. The third kappa shape index (κ3) is 5.35. The third-order valence-electron chi connectivity index (χ3n) is 3.63. The molecule has 24 heavy (non-hydrogen) atoms. The fourth-order valence-electron chi connectivity index (χ4n) is 2.36. The van der Waals surface area contributed by atoms with Crippen LogP contribution in [0.15, 0.2) is 60.7 Å². The molecule has 0 aliphatic heterocycles. The zero-order chi connectivity index (χ0) is 17.4. The van der Waals surface area contributed by atoms with Gasteiger partial charge in [0.05, 0.1) is 12.5 Å². The summed E-state index contributed by atoms with van der Waals surface area (Å²) in [5.74, 6) is -2.46. The van der Waals surface area contributed by atoms with E-state index in [0.29, 0.717) is 5.56 Å². The van der Waals surface area contributed by atoms with Gasteiger partial charge in [-0.15, -0.1) is 0 Å². The van der Waals surface area contributed by atoms with Crippen LogP contribution in [0.25, 0.3) is 0 Å². The van der Waals surface area contributed by atoms with Crippen molar-refractivity contribution in [2.45, 2.75) is 12.8 Å². The molecule has 0 bridgehead atoms. The molecule has 1 atom stereocenters. The first-order valence-corrected chi connectivity index (χ1v) is 7.68. The first-order valence-electron chi connectivity index (χ1n) is 7.68. The Labute approximate surface area is 140 Å². The number of aliphatic carboxylic acids is 1. The van der Waals surface area contributed by atoms with E-state index in [1.807, 2.05) is 30.3 Å². The second-order valence-electron chi connectivity index (χ2n) is 5.52. The molecule has 0 fully saturated rings. The standard InChI is InChI=1S/C19H19NO4/c21-17(13-20-18(22)15-9-5-2-6-10-15)12-16(19(23)24)11-14-7-3-1-4-8-14/h1-10,16H,11-13H2,(H,20,22)(H,23,24). The highest BCUT2D eigenvalue weighted by Crippen LogP contribution is 2.13. The Bertz CT molecular complexity index is 698. The minimum atomic E-state index is -1.01. The Morgan fingerprint density at radius 2 is 1.50 bits per heavy atom. The number of hydrogen-bond acceptors (Lipinski definition) is 3. The molecule has 0 saturated carbocycles. The number of carboxylic acid groups (broad SMARTS) is 1. The van der Waals surface area contributed by atoms with Gasteiger partial charge in [-0.05, 0) is 24.1 Å². The maximum Gasteiger partial charge on any atom is 0.307 e. The smallest absolute Gasteiger partial charge is 0.307 e. The van der Waals surface area contributed by atoms with E-state index in [9.17, 15) is 19.5 Å². The summed E-state index contributed by atoms with van der Waals surface area (Å²) < 4.78 is 0. The first-order chi connectivity index (χ1) is 11.6. The number of hydrogen-bond donors (Lipinski definition) is 2. The summed E-state index contributed by atoms with van der Waals surface area (Å²) in [6.07, 6.45) is 0.174. The van der Waals surface area contributed by atoms with Crippen molar-refractivity contribution in [1.82, 2.24) is 5.32 Å². The Balaban J connectivity index is 1.87. The predicted molar refractivity (Wildman–Crippen MR) is 89.7 cm³/mol. The van der Waals surface area contributed by atoms with Crippen LogP contribution < -0.4 is 5.32 Å². The molecule has 0 spiro atoms. The molecule has 2 rings (SSSR count). The number of benzene rings is 2. The van der Waals surface area contributed by atoms with Crippen molar-refractivity contribution in [3.63, 3.8) is 0 Å². The van der Waals surface area contributed by atoms with Crippen molar-refractivity contribution in [3.05, 3.63) is 71.8 Å². The second kappa shape index (κ2) is 8.62. The molecule has 1 unspecified atom stereocenters. The number of carboxylic acids is 1. The van der Waals surface area contributed by atoms with E-state index in [1.165, 1.54) is 0 Å². The highest BCUT2D eigenvalue weighted by Gasteiger charge is 2.22. The number of amides is 1. The molecule has 2 N–H and O–H groups in total. The van der Waals surface area contributed by atoms with E-state index < -0.39 is 11.9 Å². The van der Waals surface area contributed by atoms with E-state index >= 15 is 0 Å². The van der Waals surface area contributed by atoms with Crippen LogP contribution in [0.4, 0.5) is 0 Å². The molecule has 0 heterocycles. The molecular weight excluding hydrogens is 306 g/mol. The molecule has 0 aromatic heterocycles. The number of nitrogens with one attached hydrogen (secondary N) is 1. The van der Waals surface area contributed by atoms with Gasteiger partial charge in [0, 0.05) is 12.0 Å². The quantitative estimate of drug-likeness (QED) is 0.780. The largest absolute Gasteiger partial charge is 0.481 e. The van der Waals surface area contributed by atoms with Crippen molar-refractivity contribution < 1.29 is 19.5 Å². The second-order valence-corrected chi connectivity index (χ2v) is 5.52. The zero-order valence-corrected chi connectivity index (χ0v) is 13.1. The van der Waals surface area contributed by atoms with Crippen molar-refractivity contribution in [2.75, 3.05) is 6.54 Å². The van der Waals surface area contributed by atoms with Crippen LogP contribution in [0, 0.1) is 5.92 Å². The summed E-state index contributed by atoms with van der Waals surface area (Å²) in [5.41, 5.74) is 1.33. The SMILES string of the molecule is O=C(CNC(=O)c1ccccc1)CC(Cc1ccccc1)C(=O)O. The van der Waals surface area contributed by atoms with Crippen molar-refractivity contribution in [3.8, 4) is 0 Å². The summed E-state index contributed by atoms with van der Waals surface area (Å²) >= 11 is 0. The minimum Gasteiger partial charge on any atom is -0.481 e. The van der Waals surface area contributed by atoms with Crippen molar-refractivity contribution >= 4 is 17.7 Å². The summed E-state index contributed by atoms with van der Waals surface area (Å²) in [5, 5.41) is 11.8. The van der Waals surface area contributed by atoms with Crippen molar-refractivity contribution in [1.29, 1.82) is 0 Å². The molecular formula is C19H19NO4. The number of ketones is 1. The Hall–Kier alpha value is -2.95. The van der Waals surface area contributed by atoms with Gasteiger partial charge in [0.1, 0.15) is 0 Å². The first kappa shape index (κ1) is 17.4. The highest BCUT2D eigenvalue weighted by atomic mass is 16.4. The lowest BCUT2D eigenvalue weighted by Crippen LogP contribution is -2.31. The molecule has 0 aliphatic carbocycles. The van der Waals surface area contributed by atoms with Crippen LogP contribution >= 0.6 is 0 Å². The maximum atomic E-state index is 12.0. The summed E-state index contributed by atoms with van der Waals surface area (Å²) in [4.78, 5) is 35.2. The predicted octanol–water partition coefficient (Wildman–Crippen LogP) is 2.32. The molecule has 2 aromatic carbocycles. The average molecular weight is 325 g/mol. The molecule has 0 aliphatic rings. The fourth-order valence-corrected chi connectivity index (χ4v) is 2.36. The Morgan fingerprint density at radius 3 is 2.08 bits per heavy atom. The van der Waals surface area contributed by atoms with Crippen LogP contribution in [0.1, 0.15) is 22.3 Å². The molecule has 5 heteroatoms. The van der Waals surface area contributed by atoms with Crippen LogP contribution in [-0.2, 0) is 16.0 Å². The Morgan fingerprint density at radius 1 is 0.917 bits per heavy atom. The Kier molecular flexibility index (Phi) is 6.25. The summed E-state index contributed by atoms with van der Waals surface area (Å²) in [6.45, 7) is -0.174. The van der Waals surface area contributed by atoms with Gasteiger partial charge in [0.15, 0.2) is 5.78 Å². The molecule has 0 radical (unpaired) electrons. The number of carbonyl (C=O) groups excluding carboxylic acids is 2. The van der Waals surface area contributed by atoms with Gasteiger partial charge in [-0.1, -0.05) is 48.5 Å². The average Bonchev–Trinajstić information content (AvgIpc) is 2.60. The summed E-state index contributed by atoms with van der Waals surface area (Å²) in [7, 11) is 0. The van der Waals surface area contributed by atoms with Crippen LogP contribution in [-0.4, -0.2) is 29.3 Å². The number of rotatable bonds is 8. The van der Waals surface area contributed by atoms with Crippen LogP contribution in [0.3, 0.4) is 0 Å². The third-order valence-corrected chi connectivity index (χ3v) is 3.63. The highest BCUT2D eigenvalue weighted by molar-refractivity contribution is 5.97. The molecule has 124 valence electrons. The maximum absolute atomic E-state index is 12.0. The molecule has 0 saturated heterocycles.